The number of hydrogen-bond donors (Lipinski definition) is 1. The first-order valence-corrected chi connectivity index (χ1v) is 6.70. The number of nitrogens with zero attached hydrogens (tertiary/aromatic N) is 1. The van der Waals surface area contributed by atoms with Gasteiger partial charge in [0.05, 0.1) is 0 Å². The van der Waals surface area contributed by atoms with Gasteiger partial charge >= 0.3 is 0 Å². The fourth-order valence-electron chi connectivity index (χ4n) is 1.63. The Morgan fingerprint density at radius 2 is 1.85 bits per heavy atom. The lowest BCUT2D eigenvalue weighted by Gasteiger charge is -2.34. The van der Waals surface area contributed by atoms with Crippen molar-refractivity contribution in [2.75, 3.05) is 24.6 Å². The summed E-state index contributed by atoms with van der Waals surface area (Å²) >= 11 is 0. The zero-order valence-electron chi connectivity index (χ0n) is 8.80. The van der Waals surface area contributed by atoms with Gasteiger partial charge in [0.2, 0.25) is 0 Å². The Balaban J connectivity index is 2.66. The van der Waals surface area contributed by atoms with Crippen molar-refractivity contribution >= 4 is 9.73 Å². The van der Waals surface area contributed by atoms with Crippen molar-refractivity contribution in [2.45, 2.75) is 32.7 Å². The van der Waals surface area contributed by atoms with Crippen molar-refractivity contribution in [2.24, 2.45) is 0 Å². The van der Waals surface area contributed by atoms with Gasteiger partial charge in [-0.05, 0) is 33.7 Å². The summed E-state index contributed by atoms with van der Waals surface area (Å²) in [6.45, 7) is 8.31. The summed E-state index contributed by atoms with van der Waals surface area (Å²) in [5.41, 5.74) is 0.153. The van der Waals surface area contributed by atoms with Crippen LogP contribution in [-0.4, -0.2) is 39.2 Å². The Morgan fingerprint density at radius 1 is 1.23 bits per heavy atom. The molecule has 0 aromatic carbocycles. The molecule has 4 heteroatoms. The Bertz CT molecular complexity index is 264. The predicted octanol–water partition coefficient (Wildman–Crippen LogP) is 1.54. The zero-order chi connectivity index (χ0) is 10.1. The first kappa shape index (κ1) is 11.0. The molecule has 1 rings (SSSR count). The lowest BCUT2D eigenvalue weighted by molar-refractivity contribution is 0.149. The van der Waals surface area contributed by atoms with Gasteiger partial charge in [0.1, 0.15) is 0 Å². The second-order valence-corrected chi connectivity index (χ2v) is 7.17. The largest absolute Gasteiger partial charge is 0.298 e. The van der Waals surface area contributed by atoms with Crippen LogP contribution in [0.3, 0.4) is 0 Å². The molecule has 0 bridgehead atoms. The summed E-state index contributed by atoms with van der Waals surface area (Å²) in [5, 5.41) is 0. The van der Waals surface area contributed by atoms with Gasteiger partial charge in [0, 0.05) is 33.3 Å². The van der Waals surface area contributed by atoms with Crippen LogP contribution in [0.5, 0.6) is 0 Å². The number of nitrogens with one attached hydrogen (secondary N) is 1. The molecule has 0 amide bonds. The van der Waals surface area contributed by atoms with Crippen LogP contribution in [0.15, 0.2) is 0 Å². The van der Waals surface area contributed by atoms with E-state index in [1.54, 1.807) is 0 Å². The van der Waals surface area contributed by atoms with Crippen molar-refractivity contribution in [3.05, 3.63) is 0 Å². The molecule has 1 saturated heterocycles. The normalized spacial score (nSPS) is 32.8. The van der Waals surface area contributed by atoms with Crippen LogP contribution in [0.1, 0.15) is 27.2 Å². The van der Waals surface area contributed by atoms with E-state index in [1.807, 2.05) is 0 Å². The van der Waals surface area contributed by atoms with Gasteiger partial charge in [0.15, 0.2) is 0 Å². The van der Waals surface area contributed by atoms with Gasteiger partial charge in [-0.3, -0.25) is 9.68 Å². The first-order valence-electron chi connectivity index (χ1n) is 4.80. The van der Waals surface area contributed by atoms with E-state index in [0.717, 1.165) is 19.5 Å². The molecule has 3 nitrogen and oxygen atoms in total. The van der Waals surface area contributed by atoms with Crippen LogP contribution in [0, 0.1) is 4.78 Å². The molecule has 78 valence electrons. The summed E-state index contributed by atoms with van der Waals surface area (Å²) in [4.78, 5) is 2.33. The quantitative estimate of drug-likeness (QED) is 0.650. The van der Waals surface area contributed by atoms with Gasteiger partial charge in [-0.15, -0.1) is 0 Å². The molecule has 1 fully saturated rings. The highest BCUT2D eigenvalue weighted by Crippen LogP contribution is 2.16. The van der Waals surface area contributed by atoms with Crippen LogP contribution in [0.4, 0.5) is 0 Å². The average Bonchev–Trinajstić information content (AvgIpc) is 2.08. The van der Waals surface area contributed by atoms with Crippen LogP contribution in [0.2, 0.25) is 0 Å². The van der Waals surface area contributed by atoms with E-state index in [9.17, 15) is 4.21 Å². The van der Waals surface area contributed by atoms with Gasteiger partial charge < -0.3 is 0 Å². The predicted molar refractivity (Wildman–Crippen MR) is 56.5 cm³/mol. The smallest absolute Gasteiger partial charge is 0.0454 e. The topological polar surface area (TPSA) is 44.2 Å². The lowest BCUT2D eigenvalue weighted by atomic mass is 10.1. The Labute approximate surface area is 81.5 Å². The summed E-state index contributed by atoms with van der Waals surface area (Å²) in [6, 6.07) is 0. The highest BCUT2D eigenvalue weighted by molar-refractivity contribution is 7.92. The van der Waals surface area contributed by atoms with E-state index in [4.69, 9.17) is 4.78 Å². The zero-order valence-corrected chi connectivity index (χ0v) is 9.62. The fraction of sp³-hybridized carbons (Fsp3) is 1.00. The second-order valence-electron chi connectivity index (χ2n) is 4.73. The van der Waals surface area contributed by atoms with Crippen molar-refractivity contribution < 1.29 is 4.21 Å². The van der Waals surface area contributed by atoms with E-state index < -0.39 is 9.73 Å². The van der Waals surface area contributed by atoms with Crippen molar-refractivity contribution in [1.82, 2.24) is 4.90 Å². The Hall–Kier alpha value is -0.0900. The molecular weight excluding hydrogens is 184 g/mol. The van der Waals surface area contributed by atoms with Gasteiger partial charge in [0.25, 0.3) is 0 Å². The maximum absolute atomic E-state index is 11.5. The number of hydrogen-bond acceptors (Lipinski definition) is 3. The highest BCUT2D eigenvalue weighted by atomic mass is 32.2. The number of rotatable bonds is 0. The monoisotopic (exact) mass is 204 g/mol. The molecule has 0 spiro atoms. The maximum atomic E-state index is 11.5. The Morgan fingerprint density at radius 3 is 2.38 bits per heavy atom. The second kappa shape index (κ2) is 3.58. The molecule has 13 heavy (non-hydrogen) atoms. The summed E-state index contributed by atoms with van der Waals surface area (Å²) in [7, 11) is -2.25. The van der Waals surface area contributed by atoms with Crippen molar-refractivity contribution in [1.29, 1.82) is 4.78 Å². The van der Waals surface area contributed by atoms with Crippen LogP contribution in [0.25, 0.3) is 0 Å². The third kappa shape index (κ3) is 3.27. The summed E-state index contributed by atoms with van der Waals surface area (Å²) in [6.07, 6.45) is 0.902. The molecule has 1 atom stereocenters. The molecule has 0 saturated carbocycles. The minimum absolute atomic E-state index is 0.153. The standard InChI is InChI=1S/C9H20N2OS/c1-9(2,3)11-5-4-7-13(10,12)8-6-11/h10H,4-8H2,1-3H3. The summed E-state index contributed by atoms with van der Waals surface area (Å²) < 4.78 is 19.1. The maximum Gasteiger partial charge on any atom is 0.0454 e. The molecule has 0 aliphatic carbocycles. The molecule has 0 aromatic rings. The fourth-order valence-corrected chi connectivity index (χ4v) is 2.95. The molecule has 1 unspecified atom stereocenters. The van der Waals surface area contributed by atoms with Crippen molar-refractivity contribution in [3.63, 3.8) is 0 Å². The average molecular weight is 204 g/mol. The molecular formula is C9H20N2OS. The minimum Gasteiger partial charge on any atom is -0.298 e. The Kier molecular flexibility index (Phi) is 3.02. The summed E-state index contributed by atoms with van der Waals surface area (Å²) in [5.74, 6) is 1.13. The van der Waals surface area contributed by atoms with Gasteiger partial charge in [-0.2, -0.15) is 0 Å². The van der Waals surface area contributed by atoms with Crippen LogP contribution >= 0.6 is 0 Å². The van der Waals surface area contributed by atoms with Gasteiger partial charge in [-0.1, -0.05) is 0 Å². The molecule has 1 aliphatic rings. The molecule has 1 heterocycles. The minimum atomic E-state index is -2.25. The van der Waals surface area contributed by atoms with E-state index >= 15 is 0 Å². The molecule has 0 radical (unpaired) electrons. The van der Waals surface area contributed by atoms with E-state index in [-0.39, 0.29) is 5.54 Å². The van der Waals surface area contributed by atoms with E-state index in [2.05, 4.69) is 25.7 Å². The molecule has 1 N–H and O–H groups in total. The van der Waals surface area contributed by atoms with Crippen LogP contribution < -0.4 is 0 Å². The van der Waals surface area contributed by atoms with E-state index in [1.165, 1.54) is 0 Å². The third-order valence-corrected chi connectivity index (χ3v) is 4.33. The SMILES string of the molecule is CC(C)(C)N1CCCS(=N)(=O)CC1. The van der Waals surface area contributed by atoms with Crippen LogP contribution in [-0.2, 0) is 9.73 Å². The van der Waals surface area contributed by atoms with Gasteiger partial charge in [-0.25, -0.2) is 4.21 Å². The molecule has 1 aliphatic heterocycles. The van der Waals surface area contributed by atoms with Crippen molar-refractivity contribution in [3.8, 4) is 0 Å². The van der Waals surface area contributed by atoms with E-state index in [0.29, 0.717) is 11.5 Å². The highest BCUT2D eigenvalue weighted by Gasteiger charge is 2.24. The lowest BCUT2D eigenvalue weighted by Crippen LogP contribution is -2.42. The molecule has 0 aromatic heterocycles. The first-order chi connectivity index (χ1) is 5.81. The third-order valence-electron chi connectivity index (χ3n) is 2.54.